The van der Waals surface area contributed by atoms with Crippen molar-refractivity contribution in [2.45, 2.75) is 57.1 Å². The monoisotopic (exact) mass is 274 g/mol. The number of likely N-dealkylation sites (tertiary alicyclic amines) is 1. The van der Waals surface area contributed by atoms with Gasteiger partial charge in [-0.1, -0.05) is 18.9 Å². The van der Waals surface area contributed by atoms with E-state index < -0.39 is 0 Å². The van der Waals surface area contributed by atoms with Crippen LogP contribution in [0.2, 0.25) is 0 Å². The van der Waals surface area contributed by atoms with Crippen LogP contribution in [-0.2, 0) is 6.42 Å². The van der Waals surface area contributed by atoms with Crippen molar-refractivity contribution in [1.82, 2.24) is 9.88 Å². The molecule has 3 nitrogen and oxygen atoms in total. The van der Waals surface area contributed by atoms with Crippen LogP contribution in [0.15, 0.2) is 24.4 Å². The topological polar surface area (TPSA) is 36.4 Å². The summed E-state index contributed by atoms with van der Waals surface area (Å²) in [6.45, 7) is 2.28. The number of nitrogens with zero attached hydrogens (tertiary/aromatic N) is 2. The SMILES string of the molecule is OC1CCCC1C1CCCCN1CCc1ccccn1. The van der Waals surface area contributed by atoms with E-state index in [9.17, 15) is 5.11 Å². The van der Waals surface area contributed by atoms with Gasteiger partial charge in [0.1, 0.15) is 0 Å². The Bertz CT molecular complexity index is 409. The molecule has 2 aliphatic rings. The number of aliphatic hydroxyl groups is 1. The first-order chi connectivity index (χ1) is 9.84. The van der Waals surface area contributed by atoms with Gasteiger partial charge in [-0.25, -0.2) is 0 Å². The molecule has 0 amide bonds. The molecule has 1 saturated carbocycles. The molecule has 20 heavy (non-hydrogen) atoms. The number of aromatic nitrogens is 1. The maximum atomic E-state index is 10.2. The van der Waals surface area contributed by atoms with E-state index in [2.05, 4.69) is 22.0 Å². The van der Waals surface area contributed by atoms with Crippen molar-refractivity contribution >= 4 is 0 Å². The van der Waals surface area contributed by atoms with Crippen LogP contribution in [-0.4, -0.2) is 40.2 Å². The van der Waals surface area contributed by atoms with Crippen LogP contribution in [0, 0.1) is 5.92 Å². The van der Waals surface area contributed by atoms with E-state index >= 15 is 0 Å². The zero-order valence-corrected chi connectivity index (χ0v) is 12.2. The second-order valence-electron chi connectivity index (χ2n) is 6.33. The highest BCUT2D eigenvalue weighted by molar-refractivity contribution is 5.04. The Morgan fingerprint density at radius 2 is 2.10 bits per heavy atom. The summed E-state index contributed by atoms with van der Waals surface area (Å²) in [5.74, 6) is 0.513. The molecule has 1 aromatic rings. The van der Waals surface area contributed by atoms with Crippen molar-refractivity contribution in [2.24, 2.45) is 5.92 Å². The fraction of sp³-hybridized carbons (Fsp3) is 0.706. The normalized spacial score (nSPS) is 31.6. The maximum Gasteiger partial charge on any atom is 0.0583 e. The quantitative estimate of drug-likeness (QED) is 0.917. The van der Waals surface area contributed by atoms with E-state index in [1.54, 1.807) is 0 Å². The molecule has 1 saturated heterocycles. The lowest BCUT2D eigenvalue weighted by Crippen LogP contribution is -2.47. The number of rotatable bonds is 4. The van der Waals surface area contributed by atoms with Gasteiger partial charge in [-0.3, -0.25) is 9.88 Å². The van der Waals surface area contributed by atoms with Gasteiger partial charge in [-0.15, -0.1) is 0 Å². The molecule has 3 unspecified atom stereocenters. The minimum absolute atomic E-state index is 0.0598. The molecule has 1 aliphatic carbocycles. The van der Waals surface area contributed by atoms with Gasteiger partial charge in [0.05, 0.1) is 6.10 Å². The fourth-order valence-electron chi connectivity index (χ4n) is 4.00. The first kappa shape index (κ1) is 14.0. The highest BCUT2D eigenvalue weighted by Gasteiger charge is 2.36. The van der Waals surface area contributed by atoms with E-state index in [1.807, 2.05) is 12.3 Å². The first-order valence-electron chi connectivity index (χ1n) is 8.16. The van der Waals surface area contributed by atoms with E-state index in [-0.39, 0.29) is 6.10 Å². The van der Waals surface area contributed by atoms with Gasteiger partial charge in [-0.2, -0.15) is 0 Å². The molecule has 2 heterocycles. The number of pyridine rings is 1. The molecule has 3 atom stereocenters. The Balaban J connectivity index is 1.60. The van der Waals surface area contributed by atoms with Crippen LogP contribution in [0.25, 0.3) is 0 Å². The highest BCUT2D eigenvalue weighted by Crippen LogP contribution is 2.35. The smallest absolute Gasteiger partial charge is 0.0583 e. The number of hydrogen-bond acceptors (Lipinski definition) is 3. The molecule has 1 aliphatic heterocycles. The van der Waals surface area contributed by atoms with Crippen molar-refractivity contribution in [1.29, 1.82) is 0 Å². The molecule has 110 valence electrons. The Morgan fingerprint density at radius 1 is 1.15 bits per heavy atom. The summed E-state index contributed by atoms with van der Waals surface area (Å²) in [7, 11) is 0. The average molecular weight is 274 g/mol. The third-order valence-electron chi connectivity index (χ3n) is 5.07. The van der Waals surface area contributed by atoms with Crippen molar-refractivity contribution in [3.05, 3.63) is 30.1 Å². The van der Waals surface area contributed by atoms with Gasteiger partial charge < -0.3 is 5.11 Å². The predicted molar refractivity (Wildman–Crippen MR) is 80.5 cm³/mol. The van der Waals surface area contributed by atoms with Crippen molar-refractivity contribution in [3.63, 3.8) is 0 Å². The van der Waals surface area contributed by atoms with Gasteiger partial charge >= 0.3 is 0 Å². The first-order valence-corrected chi connectivity index (χ1v) is 8.16. The summed E-state index contributed by atoms with van der Waals surface area (Å²) in [6, 6.07) is 6.76. The molecule has 1 N–H and O–H groups in total. The van der Waals surface area contributed by atoms with E-state index in [4.69, 9.17) is 0 Å². The molecule has 0 spiro atoms. The minimum atomic E-state index is -0.0598. The van der Waals surface area contributed by atoms with E-state index in [0.717, 1.165) is 19.4 Å². The van der Waals surface area contributed by atoms with Gasteiger partial charge in [0.15, 0.2) is 0 Å². The third-order valence-corrected chi connectivity index (χ3v) is 5.07. The molecular weight excluding hydrogens is 248 g/mol. The van der Waals surface area contributed by atoms with Gasteiger partial charge in [0.25, 0.3) is 0 Å². The summed E-state index contributed by atoms with van der Waals surface area (Å²) in [5, 5.41) is 10.2. The lowest BCUT2D eigenvalue weighted by molar-refractivity contribution is 0.0360. The van der Waals surface area contributed by atoms with Crippen LogP contribution in [0.5, 0.6) is 0 Å². The molecule has 2 fully saturated rings. The summed E-state index contributed by atoms with van der Waals surface area (Å²) >= 11 is 0. The highest BCUT2D eigenvalue weighted by atomic mass is 16.3. The van der Waals surface area contributed by atoms with E-state index in [1.165, 1.54) is 44.3 Å². The predicted octanol–water partition coefficient (Wildman–Crippen LogP) is 2.64. The second-order valence-corrected chi connectivity index (χ2v) is 6.33. The molecule has 3 rings (SSSR count). The van der Waals surface area contributed by atoms with Crippen LogP contribution >= 0.6 is 0 Å². The Kier molecular flexibility index (Phi) is 4.69. The number of piperidine rings is 1. The standard InChI is InChI=1S/C17H26N2O/c20-17-9-5-7-15(17)16-8-2-4-12-19(16)13-10-14-6-1-3-11-18-14/h1,3,6,11,15-17,20H,2,4-5,7-10,12-13H2. The van der Waals surface area contributed by atoms with Crippen LogP contribution in [0.3, 0.4) is 0 Å². The fourth-order valence-corrected chi connectivity index (χ4v) is 4.00. The van der Waals surface area contributed by atoms with Crippen molar-refractivity contribution in [3.8, 4) is 0 Å². The maximum absolute atomic E-state index is 10.2. The van der Waals surface area contributed by atoms with Gasteiger partial charge in [0, 0.05) is 36.8 Å². The summed E-state index contributed by atoms with van der Waals surface area (Å²) in [5.41, 5.74) is 1.18. The lowest BCUT2D eigenvalue weighted by atomic mass is 9.87. The Hall–Kier alpha value is -0.930. The van der Waals surface area contributed by atoms with Crippen LogP contribution in [0.1, 0.15) is 44.2 Å². The zero-order valence-electron chi connectivity index (χ0n) is 12.2. The minimum Gasteiger partial charge on any atom is -0.393 e. The summed E-state index contributed by atoms with van der Waals surface area (Å²) in [4.78, 5) is 7.05. The van der Waals surface area contributed by atoms with Gasteiger partial charge in [-0.05, 0) is 44.4 Å². The van der Waals surface area contributed by atoms with Gasteiger partial charge in [0.2, 0.25) is 0 Å². The molecule has 0 bridgehead atoms. The molecule has 1 aromatic heterocycles. The largest absolute Gasteiger partial charge is 0.393 e. The zero-order chi connectivity index (χ0) is 13.8. The molecule has 0 aromatic carbocycles. The summed E-state index contributed by atoms with van der Waals surface area (Å²) in [6.07, 6.45) is 10.2. The van der Waals surface area contributed by atoms with E-state index in [0.29, 0.717) is 12.0 Å². The lowest BCUT2D eigenvalue weighted by Gasteiger charge is -2.40. The van der Waals surface area contributed by atoms with Crippen molar-refractivity contribution < 1.29 is 5.11 Å². The van der Waals surface area contributed by atoms with Crippen molar-refractivity contribution in [2.75, 3.05) is 13.1 Å². The van der Waals surface area contributed by atoms with Crippen LogP contribution in [0.4, 0.5) is 0 Å². The number of hydrogen-bond donors (Lipinski definition) is 1. The Labute approximate surface area is 122 Å². The second kappa shape index (κ2) is 6.68. The molecule has 0 radical (unpaired) electrons. The average Bonchev–Trinajstić information content (AvgIpc) is 2.92. The Morgan fingerprint density at radius 3 is 2.85 bits per heavy atom. The summed E-state index contributed by atoms with van der Waals surface area (Å²) < 4.78 is 0. The number of aliphatic hydroxyl groups excluding tert-OH is 1. The third kappa shape index (κ3) is 3.21. The molecule has 3 heteroatoms. The van der Waals surface area contributed by atoms with Crippen LogP contribution < -0.4 is 0 Å². The molecular formula is C17H26N2O.